The summed E-state index contributed by atoms with van der Waals surface area (Å²) in [7, 11) is 0. The first-order valence-corrected chi connectivity index (χ1v) is 11.8. The third-order valence-corrected chi connectivity index (χ3v) is 5.65. The number of benzene rings is 4. The van der Waals surface area contributed by atoms with Crippen LogP contribution in [0, 0.1) is 0 Å². The molecular weight excluding hydrogens is 545 g/mol. The Balaban J connectivity index is 0.000000197. The molecule has 9 nitrogen and oxygen atoms in total. The van der Waals surface area contributed by atoms with Crippen molar-refractivity contribution >= 4 is 0 Å². The van der Waals surface area contributed by atoms with E-state index in [1.165, 1.54) is 4.91 Å². The number of hydrogen-bond donors (Lipinski definition) is 2. The van der Waals surface area contributed by atoms with Gasteiger partial charge in [0.25, 0.3) is 0 Å². The molecule has 0 amide bonds. The van der Waals surface area contributed by atoms with Gasteiger partial charge in [-0.1, -0.05) is 121 Å². The maximum absolute atomic E-state index is 11.7. The SMILES string of the molecule is [Mn+3].[N-]=[N+]=[N-].[O-]c1ccccc1-c1cc(-c2ccccc2)[nH]n1.[O-]c1ccccc1-c1cc(-c2ccccc2)[nH]n1. The number of aromatic nitrogens is 4. The summed E-state index contributed by atoms with van der Waals surface area (Å²) in [6.45, 7) is 0. The third-order valence-electron chi connectivity index (χ3n) is 5.65. The first-order valence-electron chi connectivity index (χ1n) is 11.8. The maximum atomic E-state index is 11.7. The molecule has 0 aliphatic carbocycles. The Hall–Kier alpha value is -5.27. The first-order chi connectivity index (χ1) is 19.1. The minimum Gasteiger partial charge on any atom is -0.872 e. The van der Waals surface area contributed by atoms with Crippen LogP contribution < -0.4 is 10.2 Å². The average Bonchev–Trinajstić information content (AvgIpc) is 3.66. The zero-order valence-electron chi connectivity index (χ0n) is 21.0. The van der Waals surface area contributed by atoms with Crippen molar-refractivity contribution in [2.75, 3.05) is 0 Å². The summed E-state index contributed by atoms with van der Waals surface area (Å²) in [5, 5.41) is 37.7. The molecule has 0 radical (unpaired) electrons. The van der Waals surface area contributed by atoms with E-state index in [9.17, 15) is 10.2 Å². The van der Waals surface area contributed by atoms with E-state index < -0.39 is 0 Å². The maximum Gasteiger partial charge on any atom is 3.00 e. The monoisotopic (exact) mass is 567 g/mol. The van der Waals surface area contributed by atoms with E-state index in [0.717, 1.165) is 22.5 Å². The molecule has 0 aliphatic rings. The molecule has 196 valence electrons. The molecule has 10 heteroatoms. The van der Waals surface area contributed by atoms with Crippen molar-refractivity contribution < 1.29 is 27.3 Å². The minimum absolute atomic E-state index is 0. The summed E-state index contributed by atoms with van der Waals surface area (Å²) >= 11 is 0. The van der Waals surface area contributed by atoms with Crippen LogP contribution in [0.4, 0.5) is 0 Å². The fourth-order valence-corrected chi connectivity index (χ4v) is 3.81. The first kappa shape index (κ1) is 29.3. The van der Waals surface area contributed by atoms with Gasteiger partial charge in [0.2, 0.25) is 0 Å². The number of aromatic amines is 2. The summed E-state index contributed by atoms with van der Waals surface area (Å²) < 4.78 is 0. The zero-order valence-corrected chi connectivity index (χ0v) is 22.2. The van der Waals surface area contributed by atoms with E-state index in [0.29, 0.717) is 22.5 Å². The van der Waals surface area contributed by atoms with Crippen molar-refractivity contribution in [1.82, 2.24) is 20.4 Å². The van der Waals surface area contributed by atoms with E-state index in [2.05, 4.69) is 20.4 Å². The van der Waals surface area contributed by atoms with Crippen LogP contribution in [-0.4, -0.2) is 20.4 Å². The molecule has 0 saturated heterocycles. The molecule has 0 fully saturated rings. The Morgan fingerprint density at radius 3 is 1.20 bits per heavy atom. The largest absolute Gasteiger partial charge is 3.00 e. The van der Waals surface area contributed by atoms with E-state index in [-0.39, 0.29) is 28.6 Å². The molecule has 2 aromatic heterocycles. The van der Waals surface area contributed by atoms with Gasteiger partial charge in [-0.15, -0.1) is 0 Å². The van der Waals surface area contributed by atoms with Gasteiger partial charge in [-0.05, 0) is 34.4 Å². The van der Waals surface area contributed by atoms with Gasteiger partial charge < -0.3 is 21.3 Å². The predicted octanol–water partition coefficient (Wildman–Crippen LogP) is 6.50. The van der Waals surface area contributed by atoms with Crippen molar-refractivity contribution in [1.29, 1.82) is 0 Å². The molecule has 40 heavy (non-hydrogen) atoms. The van der Waals surface area contributed by atoms with Gasteiger partial charge in [0.05, 0.1) is 22.8 Å². The molecule has 6 aromatic rings. The van der Waals surface area contributed by atoms with Crippen LogP contribution in [0.15, 0.2) is 121 Å². The van der Waals surface area contributed by atoms with E-state index >= 15 is 0 Å². The molecule has 4 aromatic carbocycles. The molecule has 0 aliphatic heterocycles. The topological polar surface area (TPSA) is 162 Å². The van der Waals surface area contributed by atoms with Gasteiger partial charge in [-0.25, -0.2) is 0 Å². The summed E-state index contributed by atoms with van der Waals surface area (Å²) in [4.78, 5) is 1.50. The Morgan fingerprint density at radius 2 is 0.850 bits per heavy atom. The zero-order chi connectivity index (χ0) is 27.5. The second-order valence-corrected chi connectivity index (χ2v) is 8.15. The van der Waals surface area contributed by atoms with E-state index in [1.54, 1.807) is 36.4 Å². The molecule has 0 spiro atoms. The predicted molar refractivity (Wildman–Crippen MR) is 148 cm³/mol. The summed E-state index contributed by atoms with van der Waals surface area (Å²) in [6, 6.07) is 37.4. The van der Waals surface area contributed by atoms with Gasteiger partial charge in [-0.3, -0.25) is 15.1 Å². The van der Waals surface area contributed by atoms with Crippen LogP contribution in [-0.2, 0) is 17.1 Å². The Labute approximate surface area is 241 Å². The van der Waals surface area contributed by atoms with Gasteiger partial charge >= 0.3 is 17.1 Å². The molecular formula is C30H22MnN7O2. The molecule has 0 atom stereocenters. The molecule has 2 N–H and O–H groups in total. The van der Waals surface area contributed by atoms with Crippen LogP contribution in [0.5, 0.6) is 11.5 Å². The Kier molecular flexibility index (Phi) is 10.7. The third kappa shape index (κ3) is 7.40. The standard InChI is InChI=1S/2C15H12N2O.Mn.N3/c2*18-15-9-5-4-8-12(15)14-10-13(16-17-14)11-6-2-1-3-7-11;;1-3-2/h2*1-10,18H,(H,16,17);;/q;;+3;-1/p-2. The van der Waals surface area contributed by atoms with Gasteiger partial charge in [-0.2, -0.15) is 10.2 Å². The second-order valence-electron chi connectivity index (χ2n) is 8.15. The molecule has 0 saturated carbocycles. The normalized spacial score (nSPS) is 9.60. The van der Waals surface area contributed by atoms with Crippen molar-refractivity contribution in [3.8, 4) is 56.5 Å². The van der Waals surface area contributed by atoms with Crippen LogP contribution in [0.1, 0.15) is 0 Å². The van der Waals surface area contributed by atoms with Crippen LogP contribution in [0.25, 0.3) is 61.0 Å². The van der Waals surface area contributed by atoms with Crippen LogP contribution >= 0.6 is 0 Å². The molecule has 0 bridgehead atoms. The average molecular weight is 567 g/mol. The van der Waals surface area contributed by atoms with Gasteiger partial charge in [0.1, 0.15) is 0 Å². The minimum atomic E-state index is -0.0105. The summed E-state index contributed by atoms with van der Waals surface area (Å²) in [5.41, 5.74) is 20.0. The Bertz CT molecular complexity index is 1540. The second kappa shape index (κ2) is 14.6. The van der Waals surface area contributed by atoms with E-state index in [1.807, 2.05) is 84.9 Å². The quantitative estimate of drug-likeness (QED) is 0.108. The van der Waals surface area contributed by atoms with Crippen molar-refractivity contribution in [3.05, 3.63) is 137 Å². The number of H-pyrrole nitrogens is 2. The number of para-hydroxylation sites is 2. The molecule has 0 unspecified atom stereocenters. The van der Waals surface area contributed by atoms with Crippen molar-refractivity contribution in [2.45, 2.75) is 0 Å². The smallest absolute Gasteiger partial charge is 0.872 e. The van der Waals surface area contributed by atoms with Crippen LogP contribution in [0.2, 0.25) is 0 Å². The summed E-state index contributed by atoms with van der Waals surface area (Å²) in [6.07, 6.45) is 0. The fraction of sp³-hybridized carbons (Fsp3) is 0. The molecule has 6 rings (SSSR count). The fourth-order valence-electron chi connectivity index (χ4n) is 3.81. The number of hydrogen-bond acceptors (Lipinski definition) is 4. The van der Waals surface area contributed by atoms with Gasteiger partial charge in [0, 0.05) is 0 Å². The van der Waals surface area contributed by atoms with Gasteiger partial charge in [0.15, 0.2) is 0 Å². The van der Waals surface area contributed by atoms with Crippen molar-refractivity contribution in [3.63, 3.8) is 0 Å². The number of nitrogens with one attached hydrogen (secondary N) is 2. The van der Waals surface area contributed by atoms with Crippen LogP contribution in [0.3, 0.4) is 0 Å². The Morgan fingerprint density at radius 1 is 0.525 bits per heavy atom. The molecule has 2 heterocycles. The van der Waals surface area contributed by atoms with E-state index in [4.69, 9.17) is 11.1 Å². The number of nitrogens with zero attached hydrogens (tertiary/aromatic N) is 5. The summed E-state index contributed by atoms with van der Waals surface area (Å²) in [5.74, 6) is -0.0211. The number of rotatable bonds is 4. The van der Waals surface area contributed by atoms with Crippen molar-refractivity contribution in [2.24, 2.45) is 0 Å².